The molecule has 110 valence electrons. The summed E-state index contributed by atoms with van der Waals surface area (Å²) in [6, 6.07) is 5.14. The summed E-state index contributed by atoms with van der Waals surface area (Å²) in [5, 5.41) is 12.4. The topological polar surface area (TPSA) is 101 Å². The zero-order valence-corrected chi connectivity index (χ0v) is 12.2. The molecule has 0 spiro atoms. The number of nitrogens with zero attached hydrogens (tertiary/aromatic N) is 2. The minimum absolute atomic E-state index is 0.229. The van der Waals surface area contributed by atoms with E-state index in [1.54, 1.807) is 51.5 Å². The Balaban J connectivity index is 2.35. The van der Waals surface area contributed by atoms with Crippen molar-refractivity contribution in [3.63, 3.8) is 0 Å². The fraction of sp³-hybridized carbons (Fsp3) is 0.267. The number of carbonyl (C=O) groups excluding carboxylic acids is 1. The summed E-state index contributed by atoms with van der Waals surface area (Å²) in [5.74, 6) is 0.119. The molecule has 1 amide bonds. The fourth-order valence-electron chi connectivity index (χ4n) is 1.88. The van der Waals surface area contributed by atoms with Crippen molar-refractivity contribution >= 4 is 11.6 Å². The van der Waals surface area contributed by atoms with Crippen LogP contribution >= 0.6 is 0 Å². The largest absolute Gasteiger partial charge is 0.398 e. The SMILES string of the molecule is CNC(=O)c1ccc(-c2cnc(C(C)(C)O)nc2)cc1N. The molecule has 0 aliphatic carbocycles. The molecule has 0 saturated carbocycles. The van der Waals surface area contributed by atoms with Gasteiger partial charge < -0.3 is 16.2 Å². The standard InChI is InChI=1S/C15H18N4O2/c1-15(2,21)14-18-7-10(8-19-14)9-4-5-11(12(16)6-9)13(20)17-3/h4-8,21H,16H2,1-3H3,(H,17,20). The third-order valence-corrected chi connectivity index (χ3v) is 3.06. The normalized spacial score (nSPS) is 11.2. The van der Waals surface area contributed by atoms with E-state index in [9.17, 15) is 9.90 Å². The molecule has 0 radical (unpaired) electrons. The third kappa shape index (κ3) is 3.17. The van der Waals surface area contributed by atoms with Gasteiger partial charge in [-0.25, -0.2) is 9.97 Å². The molecular weight excluding hydrogens is 268 g/mol. The molecule has 0 saturated heterocycles. The van der Waals surface area contributed by atoms with Crippen molar-refractivity contribution in [1.29, 1.82) is 0 Å². The summed E-state index contributed by atoms with van der Waals surface area (Å²) in [6.45, 7) is 3.25. The van der Waals surface area contributed by atoms with Crippen LogP contribution in [-0.4, -0.2) is 28.0 Å². The summed E-state index contributed by atoms with van der Waals surface area (Å²) in [7, 11) is 1.55. The monoisotopic (exact) mass is 286 g/mol. The van der Waals surface area contributed by atoms with Crippen LogP contribution in [0.15, 0.2) is 30.6 Å². The Bertz CT molecular complexity index is 660. The molecule has 0 atom stereocenters. The number of aliphatic hydroxyl groups is 1. The van der Waals surface area contributed by atoms with E-state index in [1.165, 1.54) is 0 Å². The number of carbonyl (C=O) groups is 1. The molecule has 0 fully saturated rings. The van der Waals surface area contributed by atoms with Gasteiger partial charge in [-0.1, -0.05) is 6.07 Å². The zero-order chi connectivity index (χ0) is 15.6. The number of amides is 1. The van der Waals surface area contributed by atoms with Crippen molar-refractivity contribution in [2.75, 3.05) is 12.8 Å². The lowest BCUT2D eigenvalue weighted by Gasteiger charge is -2.15. The molecule has 21 heavy (non-hydrogen) atoms. The minimum Gasteiger partial charge on any atom is -0.398 e. The summed E-state index contributed by atoms with van der Waals surface area (Å²) in [6.07, 6.45) is 3.24. The molecule has 0 aliphatic heterocycles. The van der Waals surface area contributed by atoms with Crippen LogP contribution in [0.4, 0.5) is 5.69 Å². The Morgan fingerprint density at radius 1 is 1.24 bits per heavy atom. The van der Waals surface area contributed by atoms with Crippen LogP contribution in [0.25, 0.3) is 11.1 Å². The van der Waals surface area contributed by atoms with E-state index in [0.717, 1.165) is 11.1 Å². The van der Waals surface area contributed by atoms with Gasteiger partial charge >= 0.3 is 0 Å². The number of anilines is 1. The maximum absolute atomic E-state index is 11.6. The van der Waals surface area contributed by atoms with E-state index in [4.69, 9.17) is 5.73 Å². The van der Waals surface area contributed by atoms with E-state index >= 15 is 0 Å². The minimum atomic E-state index is -1.08. The zero-order valence-electron chi connectivity index (χ0n) is 12.2. The van der Waals surface area contributed by atoms with Crippen molar-refractivity contribution in [2.24, 2.45) is 0 Å². The highest BCUT2D eigenvalue weighted by atomic mass is 16.3. The number of benzene rings is 1. The van der Waals surface area contributed by atoms with Crippen molar-refractivity contribution in [3.8, 4) is 11.1 Å². The predicted octanol–water partition coefficient (Wildman–Crippen LogP) is 1.31. The molecule has 1 heterocycles. The Hall–Kier alpha value is -2.47. The predicted molar refractivity (Wildman–Crippen MR) is 80.5 cm³/mol. The van der Waals surface area contributed by atoms with Gasteiger partial charge in [0.1, 0.15) is 5.60 Å². The van der Waals surface area contributed by atoms with Crippen LogP contribution in [0.5, 0.6) is 0 Å². The first-order chi connectivity index (χ1) is 9.82. The summed E-state index contributed by atoms with van der Waals surface area (Å²) in [5.41, 5.74) is 7.19. The number of hydrogen-bond acceptors (Lipinski definition) is 5. The van der Waals surface area contributed by atoms with Crippen LogP contribution in [0.3, 0.4) is 0 Å². The van der Waals surface area contributed by atoms with Crippen molar-refractivity contribution < 1.29 is 9.90 Å². The number of hydrogen-bond donors (Lipinski definition) is 3. The first kappa shape index (κ1) is 14.9. The lowest BCUT2D eigenvalue weighted by molar-refractivity contribution is 0.0687. The van der Waals surface area contributed by atoms with Gasteiger partial charge in [-0.15, -0.1) is 0 Å². The first-order valence-electron chi connectivity index (χ1n) is 6.50. The molecule has 0 bridgehead atoms. The Morgan fingerprint density at radius 3 is 2.33 bits per heavy atom. The Morgan fingerprint density at radius 2 is 1.86 bits per heavy atom. The maximum atomic E-state index is 11.6. The van der Waals surface area contributed by atoms with E-state index in [-0.39, 0.29) is 5.91 Å². The van der Waals surface area contributed by atoms with Gasteiger partial charge in [0.15, 0.2) is 5.82 Å². The van der Waals surface area contributed by atoms with Gasteiger partial charge in [0.25, 0.3) is 5.91 Å². The summed E-state index contributed by atoms with van der Waals surface area (Å²) >= 11 is 0. The lowest BCUT2D eigenvalue weighted by Crippen LogP contribution is -2.19. The molecule has 2 rings (SSSR count). The second kappa shape index (κ2) is 5.49. The van der Waals surface area contributed by atoms with Crippen molar-refractivity contribution in [3.05, 3.63) is 42.0 Å². The lowest BCUT2D eigenvalue weighted by atomic mass is 10.0. The molecule has 1 aromatic heterocycles. The smallest absolute Gasteiger partial charge is 0.253 e. The van der Waals surface area contributed by atoms with Gasteiger partial charge in [0.2, 0.25) is 0 Å². The van der Waals surface area contributed by atoms with Crippen LogP contribution in [0.2, 0.25) is 0 Å². The van der Waals surface area contributed by atoms with Gasteiger partial charge in [-0.3, -0.25) is 4.79 Å². The van der Waals surface area contributed by atoms with Crippen LogP contribution in [0.1, 0.15) is 30.0 Å². The van der Waals surface area contributed by atoms with E-state index < -0.39 is 5.60 Å². The van der Waals surface area contributed by atoms with E-state index in [2.05, 4.69) is 15.3 Å². The molecule has 1 aromatic carbocycles. The number of aromatic nitrogens is 2. The maximum Gasteiger partial charge on any atom is 0.253 e. The first-order valence-corrected chi connectivity index (χ1v) is 6.50. The third-order valence-electron chi connectivity index (χ3n) is 3.06. The summed E-state index contributed by atoms with van der Waals surface area (Å²) < 4.78 is 0. The summed E-state index contributed by atoms with van der Waals surface area (Å²) in [4.78, 5) is 19.9. The second-order valence-corrected chi connectivity index (χ2v) is 5.24. The van der Waals surface area contributed by atoms with Gasteiger partial charge in [-0.05, 0) is 31.5 Å². The Kier molecular flexibility index (Phi) is 3.90. The number of nitrogen functional groups attached to an aromatic ring is 1. The second-order valence-electron chi connectivity index (χ2n) is 5.24. The molecule has 2 aromatic rings. The highest BCUT2D eigenvalue weighted by Crippen LogP contribution is 2.24. The van der Waals surface area contributed by atoms with Crippen molar-refractivity contribution in [2.45, 2.75) is 19.4 Å². The molecule has 0 aliphatic rings. The highest BCUT2D eigenvalue weighted by Gasteiger charge is 2.19. The molecule has 0 unspecified atom stereocenters. The van der Waals surface area contributed by atoms with Gasteiger partial charge in [0, 0.05) is 30.7 Å². The number of nitrogens with one attached hydrogen (secondary N) is 1. The van der Waals surface area contributed by atoms with Crippen molar-refractivity contribution in [1.82, 2.24) is 15.3 Å². The molecule has 6 heteroatoms. The van der Waals surface area contributed by atoms with Crippen LogP contribution < -0.4 is 11.1 Å². The average Bonchev–Trinajstić information content (AvgIpc) is 2.45. The number of nitrogens with two attached hydrogens (primary N) is 1. The van der Waals surface area contributed by atoms with Gasteiger partial charge in [-0.2, -0.15) is 0 Å². The van der Waals surface area contributed by atoms with Crippen LogP contribution in [0, 0.1) is 0 Å². The van der Waals surface area contributed by atoms with E-state index in [0.29, 0.717) is 17.1 Å². The quantitative estimate of drug-likeness (QED) is 0.739. The number of rotatable bonds is 3. The van der Waals surface area contributed by atoms with E-state index in [1.807, 2.05) is 0 Å². The highest BCUT2D eigenvalue weighted by molar-refractivity contribution is 5.99. The Labute approximate surface area is 123 Å². The van der Waals surface area contributed by atoms with Gasteiger partial charge in [0.05, 0.1) is 5.56 Å². The fourth-order valence-corrected chi connectivity index (χ4v) is 1.88. The molecule has 6 nitrogen and oxygen atoms in total. The average molecular weight is 286 g/mol. The van der Waals surface area contributed by atoms with Crippen LogP contribution in [-0.2, 0) is 5.60 Å². The molecular formula is C15H18N4O2. The molecule has 4 N–H and O–H groups in total.